The van der Waals surface area contributed by atoms with Crippen LogP contribution in [0.15, 0.2) is 66.0 Å². The lowest BCUT2D eigenvalue weighted by Gasteiger charge is -2.46. The summed E-state index contributed by atoms with van der Waals surface area (Å²) < 4.78 is 19.3. The largest absolute Gasteiger partial charge is 0.457 e. The molecule has 1 aromatic heterocycles. The fourth-order valence-corrected chi connectivity index (χ4v) is 7.65. The number of carbonyl (C=O) groups is 4. The number of fused-ring (bicyclic) bond motifs is 1. The molecule has 13 nitrogen and oxygen atoms in total. The number of β-lactam (4-membered cyclic amide) rings is 1. The molecule has 0 aliphatic carbocycles. The molecule has 0 spiro atoms. The van der Waals surface area contributed by atoms with Crippen LogP contribution < -0.4 is 5.62 Å². The number of aryl methyl sites for hydroxylation is 2. The first kappa shape index (κ1) is 33.8. The van der Waals surface area contributed by atoms with Gasteiger partial charge in [0.1, 0.15) is 25.5 Å². The second-order valence-electron chi connectivity index (χ2n) is 11.2. The van der Waals surface area contributed by atoms with E-state index in [1.165, 1.54) is 34.9 Å². The Morgan fingerprint density at radius 1 is 1.11 bits per heavy atom. The lowest BCUT2D eigenvalue weighted by molar-refractivity contribution is -0.164. The number of amides is 3. The van der Waals surface area contributed by atoms with Crippen molar-refractivity contribution < 1.29 is 38.5 Å². The number of thioether (sulfide) groups is 1. The van der Waals surface area contributed by atoms with Crippen LogP contribution in [0.5, 0.6) is 0 Å². The molecule has 3 aliphatic heterocycles. The number of nitrogens with zero attached hydrogens (tertiary/aromatic N) is 5. The molecule has 45 heavy (non-hydrogen) atoms. The van der Waals surface area contributed by atoms with Gasteiger partial charge >= 0.3 is 18.2 Å². The van der Waals surface area contributed by atoms with E-state index < -0.39 is 30.2 Å². The van der Waals surface area contributed by atoms with Crippen molar-refractivity contribution in [2.75, 3.05) is 26.4 Å². The molecule has 2 fully saturated rings. The third-order valence-corrected chi connectivity index (χ3v) is 9.62. The van der Waals surface area contributed by atoms with Crippen LogP contribution in [-0.4, -0.2) is 97.9 Å². The van der Waals surface area contributed by atoms with Crippen LogP contribution in [0.25, 0.3) is 0 Å². The van der Waals surface area contributed by atoms with Crippen LogP contribution in [0.1, 0.15) is 26.7 Å². The molecule has 1 N–H and O–H groups in total. The van der Waals surface area contributed by atoms with E-state index in [1.807, 2.05) is 11.5 Å². The molecular formula is C31H41N5O8S. The minimum absolute atomic E-state index is 0.00693. The first-order valence-electron chi connectivity index (χ1n) is 14.8. The van der Waals surface area contributed by atoms with Crippen molar-refractivity contribution >= 4 is 35.8 Å². The molecular weight excluding hydrogens is 602 g/mol. The standard InChI is InChI=1S/C31H41N5O8S/c1-7-14-42-28(39)25-26(19(4)24-23(20(5)37)27(38)36(24)25)45-22-17-21(35(18-22)31(41)44-16-9-3)10-11-34-13-12-33(6)29(34)32-30(40)43-15-8-2/h7-9,12-13,19-24,37H,1-3,10-11,14-18H2,4-6H3/t19-,20-,21-,22+,23-,24-/m1/s1. The first-order chi connectivity index (χ1) is 21.5. The molecule has 2 saturated heterocycles. The number of rotatable bonds is 13. The second-order valence-corrected chi connectivity index (χ2v) is 12.5. The Morgan fingerprint density at radius 3 is 2.44 bits per heavy atom. The SMILES string of the molecule is C=CCOC(=O)N=c1n(C)ccn1CC[C@@H]1C[C@H](SC2=C(C(=O)OCC=C)N3C(=O)[C@H]([C@@H](C)O)[C@H]3[C@H]2C)CN1C(=O)OCC=C. The van der Waals surface area contributed by atoms with E-state index in [0.29, 0.717) is 36.5 Å². The molecule has 0 radical (unpaired) electrons. The number of ether oxygens (including phenoxy) is 3. The van der Waals surface area contributed by atoms with Gasteiger partial charge in [0.15, 0.2) is 0 Å². The van der Waals surface area contributed by atoms with Crippen LogP contribution in [0.3, 0.4) is 0 Å². The highest BCUT2D eigenvalue weighted by Crippen LogP contribution is 2.52. The van der Waals surface area contributed by atoms with Crippen LogP contribution in [0, 0.1) is 11.8 Å². The Hall–Kier alpha value is -4.04. The summed E-state index contributed by atoms with van der Waals surface area (Å²) in [5, 5.41) is 10.2. The number of likely N-dealkylation sites (tertiary alicyclic amines) is 1. The molecule has 4 rings (SSSR count). The van der Waals surface area contributed by atoms with Gasteiger partial charge < -0.3 is 38.3 Å². The fraction of sp³-hybridized carbons (Fsp3) is 0.516. The van der Waals surface area contributed by atoms with Gasteiger partial charge in [-0.05, 0) is 19.8 Å². The number of aliphatic hydroxyl groups is 1. The second kappa shape index (κ2) is 14.8. The van der Waals surface area contributed by atoms with E-state index in [0.717, 1.165) is 0 Å². The summed E-state index contributed by atoms with van der Waals surface area (Å²) in [5.41, 5.74) is 0.586. The van der Waals surface area contributed by atoms with Crippen molar-refractivity contribution in [3.63, 3.8) is 0 Å². The number of imidazole rings is 1. The fourth-order valence-electron chi connectivity index (χ4n) is 6.09. The van der Waals surface area contributed by atoms with Crippen LogP contribution >= 0.6 is 11.8 Å². The predicted molar refractivity (Wildman–Crippen MR) is 166 cm³/mol. The number of aliphatic hydroxyl groups excluding tert-OH is 1. The summed E-state index contributed by atoms with van der Waals surface area (Å²) in [7, 11) is 1.77. The molecule has 0 unspecified atom stereocenters. The Kier molecular flexibility index (Phi) is 11.2. The zero-order chi connectivity index (χ0) is 32.8. The minimum Gasteiger partial charge on any atom is -0.457 e. The van der Waals surface area contributed by atoms with Gasteiger partial charge in [-0.3, -0.25) is 4.79 Å². The molecule has 4 heterocycles. The lowest BCUT2D eigenvalue weighted by atomic mass is 9.79. The average molecular weight is 644 g/mol. The number of aromatic nitrogens is 2. The van der Waals surface area contributed by atoms with E-state index in [-0.39, 0.29) is 54.7 Å². The molecule has 0 aromatic carbocycles. The molecule has 3 aliphatic rings. The van der Waals surface area contributed by atoms with Gasteiger partial charge in [0, 0.05) is 54.6 Å². The predicted octanol–water partition coefficient (Wildman–Crippen LogP) is 2.74. The van der Waals surface area contributed by atoms with Gasteiger partial charge in [-0.2, -0.15) is 0 Å². The number of hydrogen-bond donors (Lipinski definition) is 1. The Labute approximate surface area is 266 Å². The highest BCUT2D eigenvalue weighted by Gasteiger charge is 2.60. The Balaban J connectivity index is 1.57. The topological polar surface area (TPSA) is 145 Å². The molecule has 6 atom stereocenters. The molecule has 1 aromatic rings. The van der Waals surface area contributed by atoms with E-state index in [2.05, 4.69) is 24.7 Å². The van der Waals surface area contributed by atoms with Crippen molar-refractivity contribution in [2.45, 2.75) is 56.7 Å². The first-order valence-corrected chi connectivity index (χ1v) is 15.7. The van der Waals surface area contributed by atoms with Crippen LogP contribution in [0.2, 0.25) is 0 Å². The van der Waals surface area contributed by atoms with Crippen LogP contribution in [-0.2, 0) is 37.4 Å². The van der Waals surface area contributed by atoms with Crippen molar-refractivity contribution in [1.29, 1.82) is 0 Å². The smallest absolute Gasteiger partial charge is 0.437 e. The van der Waals surface area contributed by atoms with Crippen molar-refractivity contribution in [2.24, 2.45) is 23.9 Å². The highest BCUT2D eigenvalue weighted by atomic mass is 32.2. The van der Waals surface area contributed by atoms with Crippen molar-refractivity contribution in [1.82, 2.24) is 18.9 Å². The Morgan fingerprint density at radius 2 is 1.78 bits per heavy atom. The minimum atomic E-state index is -0.863. The van der Waals surface area contributed by atoms with Gasteiger partial charge in [-0.1, -0.05) is 44.9 Å². The molecule has 0 bridgehead atoms. The monoisotopic (exact) mass is 643 g/mol. The summed E-state index contributed by atoms with van der Waals surface area (Å²) in [6.07, 6.45) is 7.02. The van der Waals surface area contributed by atoms with Gasteiger partial charge in [0.25, 0.3) is 0 Å². The average Bonchev–Trinajstić information content (AvgIpc) is 3.64. The number of esters is 1. The summed E-state index contributed by atoms with van der Waals surface area (Å²) in [6.45, 7) is 15.2. The quantitative estimate of drug-likeness (QED) is 0.148. The summed E-state index contributed by atoms with van der Waals surface area (Å²) in [4.78, 5) is 59.4. The maximum absolute atomic E-state index is 13.2. The van der Waals surface area contributed by atoms with Crippen molar-refractivity contribution in [3.05, 3.63) is 66.6 Å². The van der Waals surface area contributed by atoms with Gasteiger partial charge in [0.05, 0.1) is 18.1 Å². The summed E-state index contributed by atoms with van der Waals surface area (Å²) >= 11 is 1.46. The lowest BCUT2D eigenvalue weighted by Crippen LogP contribution is -2.63. The summed E-state index contributed by atoms with van der Waals surface area (Å²) in [6, 6.07) is -0.586. The summed E-state index contributed by atoms with van der Waals surface area (Å²) in [5.74, 6) is -1.76. The van der Waals surface area contributed by atoms with Gasteiger partial charge in [0.2, 0.25) is 11.5 Å². The normalized spacial score (nSPS) is 25.0. The van der Waals surface area contributed by atoms with E-state index in [1.54, 1.807) is 35.8 Å². The van der Waals surface area contributed by atoms with Gasteiger partial charge in [-0.25, -0.2) is 14.4 Å². The van der Waals surface area contributed by atoms with E-state index >= 15 is 0 Å². The zero-order valence-corrected chi connectivity index (χ0v) is 26.7. The molecule has 14 heteroatoms. The third-order valence-electron chi connectivity index (χ3n) is 8.12. The van der Waals surface area contributed by atoms with Crippen molar-refractivity contribution in [3.8, 4) is 0 Å². The van der Waals surface area contributed by atoms with Gasteiger partial charge in [-0.15, -0.1) is 16.8 Å². The molecule has 3 amide bonds. The maximum Gasteiger partial charge on any atom is 0.437 e. The van der Waals surface area contributed by atoms with E-state index in [4.69, 9.17) is 14.2 Å². The van der Waals surface area contributed by atoms with E-state index in [9.17, 15) is 24.3 Å². The third kappa shape index (κ3) is 7.12. The maximum atomic E-state index is 13.2. The molecule has 244 valence electrons. The molecule has 0 saturated carbocycles. The number of carbonyl (C=O) groups excluding carboxylic acids is 4. The zero-order valence-electron chi connectivity index (χ0n) is 25.9. The number of hydrogen-bond acceptors (Lipinski definition) is 9. The highest BCUT2D eigenvalue weighted by molar-refractivity contribution is 8.03. The Bertz CT molecular complexity index is 1450. The van der Waals surface area contributed by atoms with Crippen LogP contribution in [0.4, 0.5) is 9.59 Å².